The number of nitrogens with zero attached hydrogens (tertiary/aromatic N) is 1. The third kappa shape index (κ3) is 2.68. The van der Waals surface area contributed by atoms with Crippen molar-refractivity contribution in [3.05, 3.63) is 29.0 Å². The summed E-state index contributed by atoms with van der Waals surface area (Å²) >= 11 is 1.58. The second-order valence-corrected chi connectivity index (χ2v) is 5.60. The summed E-state index contributed by atoms with van der Waals surface area (Å²) in [6.07, 6.45) is 2.44. The maximum Gasteiger partial charge on any atom is 0.125 e. The van der Waals surface area contributed by atoms with E-state index in [0.717, 1.165) is 41.2 Å². The Morgan fingerprint density at radius 2 is 2.22 bits per heavy atom. The van der Waals surface area contributed by atoms with E-state index in [1.807, 2.05) is 0 Å². The topological polar surface area (TPSA) is 34.1 Å². The summed E-state index contributed by atoms with van der Waals surface area (Å²) in [4.78, 5) is 4.40. The summed E-state index contributed by atoms with van der Waals surface area (Å²) in [5.74, 6) is -0.237. The highest BCUT2D eigenvalue weighted by atomic mass is 32.1. The Morgan fingerprint density at radius 3 is 3.06 bits per heavy atom. The Hall–Kier alpha value is -1.04. The van der Waals surface area contributed by atoms with Crippen molar-refractivity contribution in [2.75, 3.05) is 13.1 Å². The molecule has 5 heteroatoms. The van der Waals surface area contributed by atoms with Crippen molar-refractivity contribution in [1.29, 1.82) is 0 Å². The highest BCUT2D eigenvalue weighted by molar-refractivity contribution is 7.18. The van der Waals surface area contributed by atoms with Crippen molar-refractivity contribution < 1.29 is 9.13 Å². The number of nitrogens with one attached hydrogen (secondary N) is 1. The van der Waals surface area contributed by atoms with E-state index >= 15 is 0 Å². The first-order chi connectivity index (χ1) is 8.81. The molecule has 3 rings (SSSR count). The molecule has 1 N–H and O–H groups in total. The molecule has 96 valence electrons. The van der Waals surface area contributed by atoms with Crippen LogP contribution in [0.25, 0.3) is 10.2 Å². The third-order valence-electron chi connectivity index (χ3n) is 3.12. The zero-order valence-corrected chi connectivity index (χ0v) is 10.8. The van der Waals surface area contributed by atoms with Gasteiger partial charge in [0, 0.05) is 6.07 Å². The van der Waals surface area contributed by atoms with E-state index in [2.05, 4.69) is 10.3 Å². The molecule has 1 aromatic heterocycles. The zero-order chi connectivity index (χ0) is 12.4. The highest BCUT2D eigenvalue weighted by Gasteiger charge is 2.14. The van der Waals surface area contributed by atoms with E-state index in [0.29, 0.717) is 12.7 Å². The van der Waals surface area contributed by atoms with Crippen molar-refractivity contribution >= 4 is 21.6 Å². The van der Waals surface area contributed by atoms with Gasteiger partial charge in [0.2, 0.25) is 0 Å². The number of aromatic nitrogens is 1. The molecule has 1 aliphatic heterocycles. The number of piperidine rings is 1. The Labute approximate surface area is 109 Å². The summed E-state index contributed by atoms with van der Waals surface area (Å²) in [6.45, 7) is 2.58. The molecule has 18 heavy (non-hydrogen) atoms. The van der Waals surface area contributed by atoms with Gasteiger partial charge in [-0.15, -0.1) is 11.3 Å². The number of fused-ring (bicyclic) bond motifs is 1. The van der Waals surface area contributed by atoms with Crippen LogP contribution in [-0.2, 0) is 11.3 Å². The predicted molar refractivity (Wildman–Crippen MR) is 70.3 cm³/mol. The van der Waals surface area contributed by atoms with Crippen molar-refractivity contribution in [1.82, 2.24) is 10.3 Å². The number of thiazole rings is 1. The fraction of sp³-hybridized carbons (Fsp3) is 0.462. The van der Waals surface area contributed by atoms with Crippen molar-refractivity contribution in [2.24, 2.45) is 0 Å². The van der Waals surface area contributed by atoms with E-state index in [4.69, 9.17) is 4.74 Å². The number of rotatable bonds is 3. The molecule has 2 aromatic rings. The molecule has 0 spiro atoms. The van der Waals surface area contributed by atoms with Crippen molar-refractivity contribution in [3.63, 3.8) is 0 Å². The quantitative estimate of drug-likeness (QED) is 0.927. The zero-order valence-electron chi connectivity index (χ0n) is 9.99. The van der Waals surface area contributed by atoms with Crippen LogP contribution in [0.2, 0.25) is 0 Å². The molecule has 1 aromatic carbocycles. The fourth-order valence-corrected chi connectivity index (χ4v) is 3.03. The molecule has 0 saturated carbocycles. The molecule has 1 aliphatic rings. The first kappa shape index (κ1) is 12.0. The maximum atomic E-state index is 13.0. The molecule has 1 fully saturated rings. The predicted octanol–water partition coefficient (Wildman–Crippen LogP) is 2.70. The van der Waals surface area contributed by atoms with E-state index in [-0.39, 0.29) is 5.82 Å². The lowest BCUT2D eigenvalue weighted by molar-refractivity contribution is 0.0212. The van der Waals surface area contributed by atoms with Crippen LogP contribution < -0.4 is 5.32 Å². The second kappa shape index (κ2) is 5.30. The van der Waals surface area contributed by atoms with Crippen molar-refractivity contribution in [3.8, 4) is 0 Å². The monoisotopic (exact) mass is 266 g/mol. The lowest BCUT2D eigenvalue weighted by Crippen LogP contribution is -2.32. The average molecular weight is 266 g/mol. The minimum absolute atomic E-state index is 0.237. The molecule has 0 amide bonds. The third-order valence-corrected chi connectivity index (χ3v) is 4.13. The molecule has 0 atom stereocenters. The molecular weight excluding hydrogens is 251 g/mol. The van der Waals surface area contributed by atoms with Gasteiger partial charge in [-0.05, 0) is 38.1 Å². The molecule has 3 nitrogen and oxygen atoms in total. The molecule has 1 saturated heterocycles. The van der Waals surface area contributed by atoms with Gasteiger partial charge >= 0.3 is 0 Å². The fourth-order valence-electron chi connectivity index (χ4n) is 2.16. The van der Waals surface area contributed by atoms with E-state index in [1.54, 1.807) is 17.4 Å². The smallest absolute Gasteiger partial charge is 0.125 e. The summed E-state index contributed by atoms with van der Waals surface area (Å²) in [5, 5.41) is 4.23. The first-order valence-corrected chi connectivity index (χ1v) is 7.00. The van der Waals surface area contributed by atoms with E-state index in [9.17, 15) is 4.39 Å². The summed E-state index contributed by atoms with van der Waals surface area (Å²) in [6, 6.07) is 4.72. The minimum atomic E-state index is -0.237. The number of benzene rings is 1. The normalized spacial score (nSPS) is 17.4. The van der Waals surface area contributed by atoms with Gasteiger partial charge in [-0.25, -0.2) is 9.37 Å². The SMILES string of the molecule is Fc1ccc2sc(COC3CCNCC3)nc2c1. The van der Waals surface area contributed by atoms with Gasteiger partial charge in [-0.3, -0.25) is 0 Å². The van der Waals surface area contributed by atoms with Crippen molar-refractivity contribution in [2.45, 2.75) is 25.6 Å². The molecule has 0 bridgehead atoms. The second-order valence-electron chi connectivity index (χ2n) is 4.48. The molecule has 0 aliphatic carbocycles. The standard InChI is InChI=1S/C13H15FN2OS/c14-9-1-2-12-11(7-9)16-13(18-12)8-17-10-3-5-15-6-4-10/h1-2,7,10,15H,3-6,8H2. The summed E-state index contributed by atoms with van der Waals surface area (Å²) in [7, 11) is 0. The lowest BCUT2D eigenvalue weighted by atomic mass is 10.1. The molecule has 2 heterocycles. The van der Waals surface area contributed by atoms with Crippen LogP contribution in [-0.4, -0.2) is 24.2 Å². The average Bonchev–Trinajstić information content (AvgIpc) is 2.79. The molecular formula is C13H15FN2OS. The lowest BCUT2D eigenvalue weighted by Gasteiger charge is -2.22. The van der Waals surface area contributed by atoms with Gasteiger partial charge in [0.25, 0.3) is 0 Å². The van der Waals surface area contributed by atoms with Crippen LogP contribution >= 0.6 is 11.3 Å². The largest absolute Gasteiger partial charge is 0.371 e. The van der Waals surface area contributed by atoms with Crippen LogP contribution in [0.1, 0.15) is 17.8 Å². The number of halogens is 1. The Balaban J connectivity index is 1.67. The van der Waals surface area contributed by atoms with Crippen LogP contribution in [0.4, 0.5) is 4.39 Å². The Morgan fingerprint density at radius 1 is 1.39 bits per heavy atom. The Kier molecular flexibility index (Phi) is 3.54. The number of hydrogen-bond donors (Lipinski definition) is 1. The van der Waals surface area contributed by atoms with Gasteiger partial charge in [0.15, 0.2) is 0 Å². The number of ether oxygens (including phenoxy) is 1. The van der Waals surface area contributed by atoms with Gasteiger partial charge in [0.05, 0.1) is 22.9 Å². The van der Waals surface area contributed by atoms with E-state index in [1.165, 1.54) is 12.1 Å². The summed E-state index contributed by atoms with van der Waals surface area (Å²) < 4.78 is 19.9. The summed E-state index contributed by atoms with van der Waals surface area (Å²) in [5.41, 5.74) is 0.726. The van der Waals surface area contributed by atoms with Gasteiger partial charge in [0.1, 0.15) is 10.8 Å². The number of hydrogen-bond acceptors (Lipinski definition) is 4. The Bertz CT molecular complexity index is 537. The molecule has 0 unspecified atom stereocenters. The van der Waals surface area contributed by atoms with Gasteiger partial charge in [-0.2, -0.15) is 0 Å². The van der Waals surface area contributed by atoms with Crippen LogP contribution in [0.3, 0.4) is 0 Å². The van der Waals surface area contributed by atoms with Gasteiger partial charge < -0.3 is 10.1 Å². The highest BCUT2D eigenvalue weighted by Crippen LogP contribution is 2.24. The van der Waals surface area contributed by atoms with Crippen LogP contribution in [0, 0.1) is 5.82 Å². The maximum absolute atomic E-state index is 13.0. The first-order valence-electron chi connectivity index (χ1n) is 6.18. The molecule has 0 radical (unpaired) electrons. The van der Waals surface area contributed by atoms with E-state index < -0.39 is 0 Å². The van der Waals surface area contributed by atoms with Crippen LogP contribution in [0.5, 0.6) is 0 Å². The minimum Gasteiger partial charge on any atom is -0.371 e. The van der Waals surface area contributed by atoms with Crippen LogP contribution in [0.15, 0.2) is 18.2 Å². The van der Waals surface area contributed by atoms with Gasteiger partial charge in [-0.1, -0.05) is 0 Å².